The Balaban J connectivity index is 2.40. The normalized spacial score (nSPS) is 10.5. The number of hydrogen-bond donors (Lipinski definition) is 1. The summed E-state index contributed by atoms with van der Waals surface area (Å²) in [5.74, 6) is -0.396. The molecule has 0 aromatic heterocycles. The zero-order chi connectivity index (χ0) is 12.7. The number of carbonyl (C=O) groups is 1. The summed E-state index contributed by atoms with van der Waals surface area (Å²) >= 11 is 3.17. The highest BCUT2D eigenvalue weighted by molar-refractivity contribution is 9.10. The van der Waals surface area contributed by atoms with Gasteiger partial charge in [-0.25, -0.2) is 4.39 Å². The van der Waals surface area contributed by atoms with Gasteiger partial charge in [-0.1, -0.05) is 22.0 Å². The van der Waals surface area contributed by atoms with Gasteiger partial charge in [0.05, 0.1) is 13.2 Å². The zero-order valence-corrected chi connectivity index (χ0v) is 11.2. The van der Waals surface area contributed by atoms with Crippen molar-refractivity contribution >= 4 is 21.7 Å². The quantitative estimate of drug-likeness (QED) is 0.782. The van der Waals surface area contributed by atoms with E-state index >= 15 is 0 Å². The minimum Gasteiger partial charge on any atom is -0.383 e. The van der Waals surface area contributed by atoms with Gasteiger partial charge in [-0.3, -0.25) is 4.79 Å². The lowest BCUT2D eigenvalue weighted by molar-refractivity contribution is -0.117. The number of hydrogen-bond acceptors (Lipinski definition) is 3. The van der Waals surface area contributed by atoms with Crippen LogP contribution in [0.4, 0.5) is 4.39 Å². The number of nitrogens with one attached hydrogen (secondary N) is 1. The number of Topliss-reactive ketones (excluding diaryl/α,β-unsaturated/α-hetero) is 1. The van der Waals surface area contributed by atoms with Crippen LogP contribution in [0.25, 0.3) is 0 Å². The second-order valence-corrected chi connectivity index (χ2v) is 4.54. The lowest BCUT2D eigenvalue weighted by atomic mass is 10.1. The molecule has 0 saturated heterocycles. The van der Waals surface area contributed by atoms with Crippen LogP contribution in [0.3, 0.4) is 0 Å². The summed E-state index contributed by atoms with van der Waals surface area (Å²) in [5, 5.41) is 2.93. The summed E-state index contributed by atoms with van der Waals surface area (Å²) < 4.78 is 18.9. The van der Waals surface area contributed by atoms with E-state index in [9.17, 15) is 9.18 Å². The number of carbonyl (C=O) groups excluding carboxylic acids is 1. The Morgan fingerprint density at radius 2 is 2.29 bits per heavy atom. The summed E-state index contributed by atoms with van der Waals surface area (Å²) in [5.41, 5.74) is 0.423. The first-order valence-corrected chi connectivity index (χ1v) is 6.08. The van der Waals surface area contributed by atoms with Crippen molar-refractivity contribution < 1.29 is 13.9 Å². The van der Waals surface area contributed by atoms with Crippen molar-refractivity contribution in [3.05, 3.63) is 34.1 Å². The second-order valence-electron chi connectivity index (χ2n) is 3.62. The second kappa shape index (κ2) is 7.53. The maximum Gasteiger partial charge on any atom is 0.151 e. The Bertz CT molecular complexity index is 385. The highest BCUT2D eigenvalue weighted by atomic mass is 79.9. The van der Waals surface area contributed by atoms with Gasteiger partial charge in [0.2, 0.25) is 0 Å². The fourth-order valence-electron chi connectivity index (χ4n) is 1.34. The third-order valence-corrected chi connectivity index (χ3v) is 2.70. The highest BCUT2D eigenvalue weighted by Crippen LogP contribution is 2.15. The van der Waals surface area contributed by atoms with E-state index in [0.29, 0.717) is 23.2 Å². The monoisotopic (exact) mass is 303 g/mol. The van der Waals surface area contributed by atoms with Crippen LogP contribution in [0.15, 0.2) is 22.7 Å². The van der Waals surface area contributed by atoms with Crippen LogP contribution in [0.5, 0.6) is 0 Å². The molecule has 0 heterocycles. The number of benzene rings is 1. The molecule has 1 aromatic carbocycles. The molecule has 0 amide bonds. The molecule has 0 aliphatic rings. The minimum absolute atomic E-state index is 0.0395. The van der Waals surface area contributed by atoms with Gasteiger partial charge in [-0.05, 0) is 17.7 Å². The summed E-state index contributed by atoms with van der Waals surface area (Å²) in [6, 6.07) is 4.71. The summed E-state index contributed by atoms with van der Waals surface area (Å²) in [6.45, 7) is 1.41. The molecule has 0 radical (unpaired) electrons. The van der Waals surface area contributed by atoms with E-state index in [1.54, 1.807) is 19.2 Å². The lowest BCUT2D eigenvalue weighted by Crippen LogP contribution is -2.27. The summed E-state index contributed by atoms with van der Waals surface area (Å²) in [7, 11) is 1.60. The Labute approximate surface area is 108 Å². The predicted octanol–water partition coefficient (Wildman–Crippen LogP) is 1.94. The van der Waals surface area contributed by atoms with Gasteiger partial charge in [0.25, 0.3) is 0 Å². The molecular weight excluding hydrogens is 289 g/mol. The van der Waals surface area contributed by atoms with Crippen LogP contribution >= 0.6 is 15.9 Å². The maximum atomic E-state index is 13.4. The molecule has 0 aliphatic heterocycles. The van der Waals surface area contributed by atoms with E-state index in [0.717, 1.165) is 0 Å². The first kappa shape index (κ1) is 14.3. The smallest absolute Gasteiger partial charge is 0.151 e. The van der Waals surface area contributed by atoms with Gasteiger partial charge < -0.3 is 10.1 Å². The largest absolute Gasteiger partial charge is 0.383 e. The van der Waals surface area contributed by atoms with Crippen molar-refractivity contribution in [2.24, 2.45) is 0 Å². The van der Waals surface area contributed by atoms with E-state index in [1.165, 1.54) is 6.07 Å². The van der Waals surface area contributed by atoms with Crippen LogP contribution in [0.2, 0.25) is 0 Å². The lowest BCUT2D eigenvalue weighted by Gasteiger charge is -2.05. The predicted molar refractivity (Wildman–Crippen MR) is 67.6 cm³/mol. The van der Waals surface area contributed by atoms with Crippen LogP contribution in [0, 0.1) is 5.82 Å². The van der Waals surface area contributed by atoms with Crippen LogP contribution in [-0.2, 0) is 16.0 Å². The van der Waals surface area contributed by atoms with Crippen LogP contribution in [-0.4, -0.2) is 32.6 Å². The van der Waals surface area contributed by atoms with Crippen molar-refractivity contribution in [3.8, 4) is 0 Å². The number of rotatable bonds is 7. The van der Waals surface area contributed by atoms with Gasteiger partial charge in [-0.2, -0.15) is 0 Å². The Morgan fingerprint density at radius 3 is 2.94 bits per heavy atom. The molecule has 1 N–H and O–H groups in total. The minimum atomic E-state index is -0.357. The van der Waals surface area contributed by atoms with E-state index in [1.807, 2.05) is 0 Å². The van der Waals surface area contributed by atoms with Crippen molar-refractivity contribution in [1.29, 1.82) is 0 Å². The molecule has 0 unspecified atom stereocenters. The fourth-order valence-corrected chi connectivity index (χ4v) is 1.68. The van der Waals surface area contributed by atoms with E-state index in [2.05, 4.69) is 21.2 Å². The molecular formula is C12H15BrFNO2. The standard InChI is InChI=1S/C12H15BrFNO2/c1-17-5-4-15-8-11(16)6-9-2-3-10(13)7-12(9)14/h2-3,7,15H,4-6,8H2,1H3. The van der Waals surface area contributed by atoms with Gasteiger partial charge in [0.1, 0.15) is 5.82 Å². The molecule has 17 heavy (non-hydrogen) atoms. The van der Waals surface area contributed by atoms with Gasteiger partial charge in [0, 0.05) is 24.5 Å². The van der Waals surface area contributed by atoms with Crippen molar-refractivity contribution in [2.75, 3.05) is 26.8 Å². The SMILES string of the molecule is COCCNCC(=O)Cc1ccc(Br)cc1F. The molecule has 0 spiro atoms. The molecule has 1 aromatic rings. The molecule has 1 rings (SSSR count). The average molecular weight is 304 g/mol. The molecule has 0 bridgehead atoms. The van der Waals surface area contributed by atoms with Crippen LogP contribution < -0.4 is 5.32 Å². The first-order chi connectivity index (χ1) is 8.13. The summed E-state index contributed by atoms with van der Waals surface area (Å²) in [4.78, 5) is 11.5. The third kappa shape index (κ3) is 5.39. The molecule has 5 heteroatoms. The fraction of sp³-hybridized carbons (Fsp3) is 0.417. The molecule has 0 aliphatic carbocycles. The Morgan fingerprint density at radius 1 is 1.53 bits per heavy atom. The average Bonchev–Trinajstić information content (AvgIpc) is 2.28. The van der Waals surface area contributed by atoms with Gasteiger partial charge >= 0.3 is 0 Å². The van der Waals surface area contributed by atoms with Crippen LogP contribution in [0.1, 0.15) is 5.56 Å². The van der Waals surface area contributed by atoms with E-state index in [-0.39, 0.29) is 24.6 Å². The number of halogens is 2. The number of ether oxygens (including phenoxy) is 1. The van der Waals surface area contributed by atoms with E-state index < -0.39 is 0 Å². The Hall–Kier alpha value is -0.780. The molecule has 0 fully saturated rings. The molecule has 3 nitrogen and oxygen atoms in total. The van der Waals surface area contributed by atoms with E-state index in [4.69, 9.17) is 4.74 Å². The number of methoxy groups -OCH3 is 1. The molecule has 94 valence electrons. The third-order valence-electron chi connectivity index (χ3n) is 2.21. The summed E-state index contributed by atoms with van der Waals surface area (Å²) in [6.07, 6.45) is 0.110. The van der Waals surface area contributed by atoms with Crippen molar-refractivity contribution in [1.82, 2.24) is 5.32 Å². The highest BCUT2D eigenvalue weighted by Gasteiger charge is 2.08. The molecule has 0 atom stereocenters. The molecule has 0 saturated carbocycles. The van der Waals surface area contributed by atoms with Crippen molar-refractivity contribution in [2.45, 2.75) is 6.42 Å². The van der Waals surface area contributed by atoms with Gasteiger partial charge in [-0.15, -0.1) is 0 Å². The Kier molecular flexibility index (Phi) is 6.32. The topological polar surface area (TPSA) is 38.3 Å². The van der Waals surface area contributed by atoms with Crippen molar-refractivity contribution in [3.63, 3.8) is 0 Å². The number of ketones is 1. The maximum absolute atomic E-state index is 13.4. The first-order valence-electron chi connectivity index (χ1n) is 5.28. The van der Waals surface area contributed by atoms with Gasteiger partial charge in [0.15, 0.2) is 5.78 Å². The zero-order valence-electron chi connectivity index (χ0n) is 9.63.